The number of rotatable bonds is 1. The molecule has 3 N–H and O–H groups in total. The SMILES string of the molecule is Cc1nc2c(Cl)cc(Br)cc2c(NN)c1C. The zero-order chi connectivity index (χ0) is 11.9. The number of pyridine rings is 1. The zero-order valence-electron chi connectivity index (χ0n) is 8.94. The van der Waals surface area contributed by atoms with Crippen LogP contribution >= 0.6 is 27.5 Å². The molecular formula is C11H11BrClN3. The number of nitrogens with one attached hydrogen (secondary N) is 1. The highest BCUT2D eigenvalue weighted by atomic mass is 79.9. The van der Waals surface area contributed by atoms with Gasteiger partial charge in [0.05, 0.1) is 16.2 Å². The lowest BCUT2D eigenvalue weighted by molar-refractivity contribution is 1.18. The summed E-state index contributed by atoms with van der Waals surface area (Å²) in [5.41, 5.74) is 6.30. The Kier molecular flexibility index (Phi) is 3.06. The van der Waals surface area contributed by atoms with Crippen LogP contribution in [0.4, 0.5) is 5.69 Å². The highest BCUT2D eigenvalue weighted by molar-refractivity contribution is 9.10. The summed E-state index contributed by atoms with van der Waals surface area (Å²) in [5, 5.41) is 1.54. The molecule has 0 saturated carbocycles. The number of nitrogen functional groups attached to an aromatic ring is 1. The lowest BCUT2D eigenvalue weighted by Crippen LogP contribution is -2.10. The number of nitrogens with zero attached hydrogens (tertiary/aromatic N) is 1. The Morgan fingerprint density at radius 3 is 2.69 bits per heavy atom. The molecule has 0 radical (unpaired) electrons. The van der Waals surface area contributed by atoms with Crippen molar-refractivity contribution in [1.29, 1.82) is 0 Å². The molecule has 0 unspecified atom stereocenters. The normalized spacial score (nSPS) is 10.8. The first-order valence-electron chi connectivity index (χ1n) is 4.77. The topological polar surface area (TPSA) is 50.9 Å². The molecule has 0 saturated heterocycles. The van der Waals surface area contributed by atoms with Crippen molar-refractivity contribution < 1.29 is 0 Å². The molecule has 1 aromatic carbocycles. The van der Waals surface area contributed by atoms with Crippen LogP contribution < -0.4 is 11.3 Å². The predicted molar refractivity (Wildman–Crippen MR) is 71.7 cm³/mol. The maximum absolute atomic E-state index is 6.15. The van der Waals surface area contributed by atoms with Gasteiger partial charge in [0.25, 0.3) is 0 Å². The molecule has 0 bridgehead atoms. The number of fused-ring (bicyclic) bond motifs is 1. The molecule has 1 heterocycles. The van der Waals surface area contributed by atoms with Gasteiger partial charge in [0.1, 0.15) is 0 Å². The molecule has 0 spiro atoms. The summed E-state index contributed by atoms with van der Waals surface area (Å²) in [6.07, 6.45) is 0. The highest BCUT2D eigenvalue weighted by Gasteiger charge is 2.11. The first-order chi connectivity index (χ1) is 7.54. The fourth-order valence-corrected chi connectivity index (χ4v) is 2.54. The van der Waals surface area contributed by atoms with Crippen molar-refractivity contribution in [3.05, 3.63) is 32.9 Å². The number of halogens is 2. The van der Waals surface area contributed by atoms with Crippen molar-refractivity contribution in [2.75, 3.05) is 5.43 Å². The van der Waals surface area contributed by atoms with E-state index in [1.807, 2.05) is 26.0 Å². The minimum Gasteiger partial charge on any atom is -0.323 e. The summed E-state index contributed by atoms with van der Waals surface area (Å²) in [4.78, 5) is 4.48. The van der Waals surface area contributed by atoms with Gasteiger partial charge in [0, 0.05) is 15.6 Å². The largest absolute Gasteiger partial charge is 0.323 e. The van der Waals surface area contributed by atoms with Gasteiger partial charge in [0.15, 0.2) is 0 Å². The van der Waals surface area contributed by atoms with Crippen molar-refractivity contribution in [2.45, 2.75) is 13.8 Å². The number of aromatic nitrogens is 1. The van der Waals surface area contributed by atoms with E-state index in [0.29, 0.717) is 5.02 Å². The molecule has 0 aliphatic heterocycles. The van der Waals surface area contributed by atoms with Crippen LogP contribution in [0.5, 0.6) is 0 Å². The average Bonchev–Trinajstić information content (AvgIpc) is 2.22. The molecular weight excluding hydrogens is 289 g/mol. The Hall–Kier alpha value is -0.840. The number of anilines is 1. The monoisotopic (exact) mass is 299 g/mol. The second-order valence-electron chi connectivity index (χ2n) is 3.63. The molecule has 0 amide bonds. The number of hydrogen-bond acceptors (Lipinski definition) is 3. The van der Waals surface area contributed by atoms with Crippen molar-refractivity contribution >= 4 is 44.1 Å². The third kappa shape index (κ3) is 1.77. The van der Waals surface area contributed by atoms with Crippen LogP contribution in [0.15, 0.2) is 16.6 Å². The van der Waals surface area contributed by atoms with E-state index in [0.717, 1.165) is 32.3 Å². The fourth-order valence-electron chi connectivity index (χ4n) is 1.69. The molecule has 0 aliphatic rings. The van der Waals surface area contributed by atoms with E-state index in [1.54, 1.807) is 0 Å². The smallest absolute Gasteiger partial charge is 0.0913 e. The number of benzene rings is 1. The highest BCUT2D eigenvalue weighted by Crippen LogP contribution is 2.33. The Bertz CT molecular complexity index is 569. The summed E-state index contributed by atoms with van der Waals surface area (Å²) in [5.74, 6) is 5.55. The van der Waals surface area contributed by atoms with E-state index in [-0.39, 0.29) is 0 Å². The van der Waals surface area contributed by atoms with Gasteiger partial charge in [-0.3, -0.25) is 10.8 Å². The zero-order valence-corrected chi connectivity index (χ0v) is 11.3. The summed E-state index contributed by atoms with van der Waals surface area (Å²) in [7, 11) is 0. The average molecular weight is 301 g/mol. The lowest BCUT2D eigenvalue weighted by Gasteiger charge is -2.12. The Morgan fingerprint density at radius 2 is 2.06 bits per heavy atom. The van der Waals surface area contributed by atoms with Gasteiger partial charge in [0.2, 0.25) is 0 Å². The first-order valence-corrected chi connectivity index (χ1v) is 5.94. The Balaban J connectivity index is 2.96. The van der Waals surface area contributed by atoms with Crippen LogP contribution in [0.2, 0.25) is 5.02 Å². The minimum absolute atomic E-state index is 0.615. The number of aryl methyl sites for hydroxylation is 1. The van der Waals surface area contributed by atoms with E-state index in [9.17, 15) is 0 Å². The van der Waals surface area contributed by atoms with Gasteiger partial charge < -0.3 is 5.43 Å². The van der Waals surface area contributed by atoms with Crippen LogP contribution in [-0.4, -0.2) is 4.98 Å². The second kappa shape index (κ2) is 4.20. The first kappa shape index (κ1) is 11.6. The summed E-state index contributed by atoms with van der Waals surface area (Å²) < 4.78 is 0.909. The van der Waals surface area contributed by atoms with Crippen LogP contribution in [-0.2, 0) is 0 Å². The fraction of sp³-hybridized carbons (Fsp3) is 0.182. The maximum atomic E-state index is 6.15. The molecule has 2 rings (SSSR count). The van der Waals surface area contributed by atoms with E-state index in [2.05, 4.69) is 26.3 Å². The molecule has 0 aliphatic carbocycles. The van der Waals surface area contributed by atoms with E-state index in [1.165, 1.54) is 0 Å². The molecule has 84 valence electrons. The predicted octanol–water partition coefficient (Wildman–Crippen LogP) is 3.55. The molecule has 2 aromatic rings. The van der Waals surface area contributed by atoms with Gasteiger partial charge in [-0.05, 0) is 31.5 Å². The van der Waals surface area contributed by atoms with Crippen LogP contribution in [0.25, 0.3) is 10.9 Å². The van der Waals surface area contributed by atoms with Gasteiger partial charge in [-0.25, -0.2) is 0 Å². The van der Waals surface area contributed by atoms with Gasteiger partial charge in [-0.1, -0.05) is 27.5 Å². The van der Waals surface area contributed by atoms with Gasteiger partial charge in [-0.2, -0.15) is 0 Å². The number of hydrazine groups is 1. The van der Waals surface area contributed by atoms with Crippen LogP contribution in [0.3, 0.4) is 0 Å². The standard InChI is InChI=1S/C11H11BrClN3/c1-5-6(2)15-11-8(10(5)16-14)3-7(12)4-9(11)13/h3-4H,14H2,1-2H3,(H,15,16). The second-order valence-corrected chi connectivity index (χ2v) is 4.95. The molecule has 16 heavy (non-hydrogen) atoms. The van der Waals surface area contributed by atoms with Crippen molar-refractivity contribution in [1.82, 2.24) is 4.98 Å². The van der Waals surface area contributed by atoms with Crippen molar-refractivity contribution in [3.8, 4) is 0 Å². The van der Waals surface area contributed by atoms with Gasteiger partial charge >= 0.3 is 0 Å². The Labute approximate surface area is 107 Å². The number of nitrogens with two attached hydrogens (primary N) is 1. The third-order valence-electron chi connectivity index (χ3n) is 2.64. The molecule has 0 atom stereocenters. The van der Waals surface area contributed by atoms with Crippen molar-refractivity contribution in [3.63, 3.8) is 0 Å². The molecule has 5 heteroatoms. The van der Waals surface area contributed by atoms with Crippen molar-refractivity contribution in [2.24, 2.45) is 5.84 Å². The van der Waals surface area contributed by atoms with Crippen LogP contribution in [0, 0.1) is 13.8 Å². The number of hydrogen-bond donors (Lipinski definition) is 2. The minimum atomic E-state index is 0.615. The Morgan fingerprint density at radius 1 is 1.38 bits per heavy atom. The van der Waals surface area contributed by atoms with E-state index >= 15 is 0 Å². The molecule has 1 aromatic heterocycles. The summed E-state index contributed by atoms with van der Waals surface area (Å²) >= 11 is 9.56. The summed E-state index contributed by atoms with van der Waals surface area (Å²) in [6, 6.07) is 3.78. The quantitative estimate of drug-likeness (QED) is 0.625. The van der Waals surface area contributed by atoms with Crippen LogP contribution in [0.1, 0.15) is 11.3 Å². The van der Waals surface area contributed by atoms with E-state index in [4.69, 9.17) is 17.4 Å². The van der Waals surface area contributed by atoms with E-state index < -0.39 is 0 Å². The summed E-state index contributed by atoms with van der Waals surface area (Å²) in [6.45, 7) is 3.92. The lowest BCUT2D eigenvalue weighted by atomic mass is 10.1. The molecule has 3 nitrogen and oxygen atoms in total. The third-order valence-corrected chi connectivity index (χ3v) is 3.39. The van der Waals surface area contributed by atoms with Gasteiger partial charge in [-0.15, -0.1) is 0 Å². The maximum Gasteiger partial charge on any atom is 0.0913 e. The molecule has 0 fully saturated rings.